The molecular formula is C23H31IN6O5. The molecule has 2 aromatic heterocycles. The SMILES string of the molecule is CC(C)(C)OC(=O)NCCn1c(-c2nc(N)ncc2I)cc2c1CCN(C(=O)OC(C)(C)C)C2=O. The number of anilines is 1. The Bertz CT molecular complexity index is 1150. The lowest BCUT2D eigenvalue weighted by Crippen LogP contribution is -2.44. The molecule has 35 heavy (non-hydrogen) atoms. The highest BCUT2D eigenvalue weighted by atomic mass is 127. The zero-order chi connectivity index (χ0) is 26.1. The van der Waals surface area contributed by atoms with Gasteiger partial charge in [0, 0.05) is 37.9 Å². The molecule has 0 spiro atoms. The molecule has 0 radical (unpaired) electrons. The smallest absolute Gasteiger partial charge is 0.417 e. The second-order valence-corrected chi connectivity index (χ2v) is 11.2. The molecule has 3 amide bonds. The van der Waals surface area contributed by atoms with E-state index in [9.17, 15) is 14.4 Å². The first-order chi connectivity index (χ1) is 16.2. The molecule has 3 N–H and O–H groups in total. The van der Waals surface area contributed by atoms with Crippen molar-refractivity contribution in [3.63, 3.8) is 0 Å². The Balaban J connectivity index is 1.95. The Hall–Kier alpha value is -2.90. The number of hydrogen-bond donors (Lipinski definition) is 2. The zero-order valence-electron chi connectivity index (χ0n) is 20.8. The van der Waals surface area contributed by atoms with E-state index in [0.717, 1.165) is 14.2 Å². The lowest BCUT2D eigenvalue weighted by Gasteiger charge is -2.29. The number of imide groups is 1. The van der Waals surface area contributed by atoms with Gasteiger partial charge in [0.25, 0.3) is 5.91 Å². The molecule has 0 aromatic carbocycles. The van der Waals surface area contributed by atoms with Gasteiger partial charge in [0.2, 0.25) is 5.95 Å². The number of halogens is 1. The van der Waals surface area contributed by atoms with Crippen LogP contribution in [0.1, 0.15) is 57.6 Å². The van der Waals surface area contributed by atoms with Crippen LogP contribution >= 0.6 is 22.6 Å². The maximum Gasteiger partial charge on any atom is 0.417 e. The van der Waals surface area contributed by atoms with Crippen LogP contribution in [0, 0.1) is 3.57 Å². The monoisotopic (exact) mass is 598 g/mol. The Morgan fingerprint density at radius 1 is 1.17 bits per heavy atom. The quantitative estimate of drug-likeness (QED) is 0.509. The highest BCUT2D eigenvalue weighted by Crippen LogP contribution is 2.32. The summed E-state index contributed by atoms with van der Waals surface area (Å²) >= 11 is 2.10. The molecule has 0 atom stereocenters. The van der Waals surface area contributed by atoms with E-state index >= 15 is 0 Å². The van der Waals surface area contributed by atoms with Crippen LogP contribution in [0.3, 0.4) is 0 Å². The number of nitrogens with zero attached hydrogens (tertiary/aromatic N) is 4. The summed E-state index contributed by atoms with van der Waals surface area (Å²) in [4.78, 5) is 47.6. The van der Waals surface area contributed by atoms with Gasteiger partial charge >= 0.3 is 12.2 Å². The molecule has 3 heterocycles. The van der Waals surface area contributed by atoms with E-state index in [2.05, 4.69) is 37.9 Å². The minimum absolute atomic E-state index is 0.0970. The van der Waals surface area contributed by atoms with Crippen molar-refractivity contribution in [1.82, 2.24) is 24.8 Å². The van der Waals surface area contributed by atoms with Crippen LogP contribution in [-0.2, 0) is 22.4 Å². The first-order valence-electron chi connectivity index (χ1n) is 11.2. The number of nitrogen functional groups attached to an aromatic ring is 1. The lowest BCUT2D eigenvalue weighted by atomic mass is 10.1. The van der Waals surface area contributed by atoms with Gasteiger partial charge in [-0.15, -0.1) is 0 Å². The number of carbonyl (C=O) groups excluding carboxylic acids is 3. The third kappa shape index (κ3) is 6.61. The maximum atomic E-state index is 13.3. The van der Waals surface area contributed by atoms with Crippen LogP contribution in [0.4, 0.5) is 15.5 Å². The van der Waals surface area contributed by atoms with Crippen molar-refractivity contribution in [3.05, 3.63) is 27.1 Å². The molecule has 0 aliphatic carbocycles. The molecule has 3 rings (SSSR count). The molecule has 0 saturated carbocycles. The number of alkyl carbamates (subject to hydrolysis) is 1. The third-order valence-corrected chi connectivity index (χ3v) is 5.67. The first-order valence-corrected chi connectivity index (χ1v) is 12.3. The Morgan fingerprint density at radius 3 is 2.46 bits per heavy atom. The summed E-state index contributed by atoms with van der Waals surface area (Å²) in [5.74, 6) is -0.350. The van der Waals surface area contributed by atoms with E-state index < -0.39 is 29.3 Å². The lowest BCUT2D eigenvalue weighted by molar-refractivity contribution is 0.0231. The van der Waals surface area contributed by atoms with Crippen LogP contribution in [0.15, 0.2) is 12.3 Å². The first kappa shape index (κ1) is 26.7. The van der Waals surface area contributed by atoms with Gasteiger partial charge in [-0.25, -0.2) is 24.5 Å². The molecule has 2 aromatic rings. The summed E-state index contributed by atoms with van der Waals surface area (Å²) < 4.78 is 13.4. The fraction of sp³-hybridized carbons (Fsp3) is 0.522. The number of hydrogen-bond acceptors (Lipinski definition) is 8. The number of fused-ring (bicyclic) bond motifs is 1. The Morgan fingerprint density at radius 2 is 1.83 bits per heavy atom. The van der Waals surface area contributed by atoms with Crippen molar-refractivity contribution in [2.24, 2.45) is 0 Å². The molecule has 11 nitrogen and oxygen atoms in total. The molecule has 1 aliphatic heterocycles. The molecule has 190 valence electrons. The van der Waals surface area contributed by atoms with Crippen molar-refractivity contribution in [1.29, 1.82) is 0 Å². The van der Waals surface area contributed by atoms with Gasteiger partial charge in [0.15, 0.2) is 0 Å². The standard InChI is InChI=1S/C23H31IN6O5/c1-22(2,3)34-20(32)26-8-10-29-15-7-9-30(21(33)35-23(4,5)6)18(31)13(15)11-16(29)17-14(24)12-27-19(25)28-17/h11-12H,7-10H2,1-6H3,(H,26,32)(H2,25,27,28). The summed E-state index contributed by atoms with van der Waals surface area (Å²) in [7, 11) is 0. The topological polar surface area (TPSA) is 142 Å². The fourth-order valence-electron chi connectivity index (χ4n) is 3.60. The van der Waals surface area contributed by atoms with Gasteiger partial charge in [-0.3, -0.25) is 4.79 Å². The van der Waals surface area contributed by atoms with Crippen molar-refractivity contribution in [2.75, 3.05) is 18.8 Å². The van der Waals surface area contributed by atoms with Gasteiger partial charge in [0.05, 0.1) is 14.8 Å². The normalized spacial score (nSPS) is 13.9. The maximum absolute atomic E-state index is 13.3. The van der Waals surface area contributed by atoms with Crippen molar-refractivity contribution < 1.29 is 23.9 Å². The zero-order valence-corrected chi connectivity index (χ0v) is 22.9. The van der Waals surface area contributed by atoms with Crippen LogP contribution in [0.5, 0.6) is 0 Å². The highest BCUT2D eigenvalue weighted by molar-refractivity contribution is 14.1. The minimum atomic E-state index is -0.726. The number of rotatable bonds is 4. The summed E-state index contributed by atoms with van der Waals surface area (Å²) in [6, 6.07) is 1.70. The van der Waals surface area contributed by atoms with E-state index in [1.807, 2.05) is 4.57 Å². The number of nitrogens with one attached hydrogen (secondary N) is 1. The highest BCUT2D eigenvalue weighted by Gasteiger charge is 2.35. The number of ether oxygens (including phenoxy) is 2. The number of carbonyl (C=O) groups is 3. The predicted octanol–water partition coefficient (Wildman–Crippen LogP) is 3.59. The molecule has 0 fully saturated rings. The number of nitrogens with two attached hydrogens (primary N) is 1. The third-order valence-electron chi connectivity index (χ3n) is 4.88. The van der Waals surface area contributed by atoms with Gasteiger partial charge in [-0.05, 0) is 70.2 Å². The van der Waals surface area contributed by atoms with E-state index in [0.29, 0.717) is 29.9 Å². The van der Waals surface area contributed by atoms with Crippen molar-refractivity contribution in [2.45, 2.75) is 65.7 Å². The largest absolute Gasteiger partial charge is 0.444 e. The average Bonchev–Trinajstić information content (AvgIpc) is 3.06. The molecule has 0 saturated heterocycles. The van der Waals surface area contributed by atoms with Gasteiger partial charge in [-0.2, -0.15) is 0 Å². The minimum Gasteiger partial charge on any atom is -0.444 e. The van der Waals surface area contributed by atoms with Crippen LogP contribution < -0.4 is 11.1 Å². The average molecular weight is 598 g/mol. The molecule has 0 bridgehead atoms. The van der Waals surface area contributed by atoms with Gasteiger partial charge < -0.3 is 25.1 Å². The molecule has 12 heteroatoms. The molecule has 1 aliphatic rings. The number of aromatic nitrogens is 3. The van der Waals surface area contributed by atoms with Gasteiger partial charge in [-0.1, -0.05) is 0 Å². The molecular weight excluding hydrogens is 567 g/mol. The second kappa shape index (κ2) is 9.99. The summed E-state index contributed by atoms with van der Waals surface area (Å²) in [5.41, 5.74) is 6.81. The van der Waals surface area contributed by atoms with E-state index in [1.54, 1.807) is 53.8 Å². The van der Waals surface area contributed by atoms with Crippen molar-refractivity contribution in [3.8, 4) is 11.4 Å². The van der Waals surface area contributed by atoms with E-state index in [-0.39, 0.29) is 19.0 Å². The Labute approximate surface area is 217 Å². The van der Waals surface area contributed by atoms with Crippen LogP contribution in [-0.4, -0.2) is 61.8 Å². The predicted molar refractivity (Wildman–Crippen MR) is 138 cm³/mol. The summed E-state index contributed by atoms with van der Waals surface area (Å²) in [5, 5.41) is 2.74. The van der Waals surface area contributed by atoms with Crippen LogP contribution in [0.2, 0.25) is 0 Å². The van der Waals surface area contributed by atoms with Crippen molar-refractivity contribution >= 4 is 46.6 Å². The second-order valence-electron chi connectivity index (χ2n) is 10.1. The van der Waals surface area contributed by atoms with E-state index in [1.165, 1.54) is 0 Å². The van der Waals surface area contributed by atoms with E-state index in [4.69, 9.17) is 15.2 Å². The van der Waals surface area contributed by atoms with Gasteiger partial charge in [0.1, 0.15) is 16.9 Å². The number of amides is 3. The summed E-state index contributed by atoms with van der Waals surface area (Å²) in [6.45, 7) is 11.4. The molecule has 0 unspecified atom stereocenters. The summed E-state index contributed by atoms with van der Waals surface area (Å²) in [6.07, 6.45) is 0.801. The fourth-order valence-corrected chi connectivity index (χ4v) is 4.13. The Kier molecular flexibility index (Phi) is 7.62. The van der Waals surface area contributed by atoms with Crippen LogP contribution in [0.25, 0.3) is 11.4 Å².